The number of nitrogens with one attached hydrogen (secondary N) is 1. The molecule has 35 heavy (non-hydrogen) atoms. The number of hydrogen-bond donors (Lipinski definition) is 2. The molecular weight excluding hydrogens is 439 g/mol. The van der Waals surface area contributed by atoms with E-state index in [9.17, 15) is 9.50 Å². The first kappa shape index (κ1) is 23.8. The molecule has 3 aromatic rings. The van der Waals surface area contributed by atoms with Crippen molar-refractivity contribution in [2.45, 2.75) is 57.2 Å². The van der Waals surface area contributed by atoms with Gasteiger partial charge in [-0.05, 0) is 91.7 Å². The third-order valence-corrected chi connectivity index (χ3v) is 7.46. The van der Waals surface area contributed by atoms with Crippen LogP contribution in [0.4, 0.5) is 10.1 Å². The van der Waals surface area contributed by atoms with Crippen molar-refractivity contribution in [3.63, 3.8) is 0 Å². The van der Waals surface area contributed by atoms with Crippen LogP contribution in [0.5, 0.6) is 5.75 Å². The van der Waals surface area contributed by atoms with Gasteiger partial charge in [0, 0.05) is 24.9 Å². The summed E-state index contributed by atoms with van der Waals surface area (Å²) in [6, 6.07) is 21.5. The number of piperidine rings is 1. The van der Waals surface area contributed by atoms with Crippen molar-refractivity contribution in [3.8, 4) is 5.75 Å². The van der Waals surface area contributed by atoms with Gasteiger partial charge in [-0.3, -0.25) is 0 Å². The minimum atomic E-state index is -0.221. The van der Waals surface area contributed by atoms with E-state index in [1.165, 1.54) is 19.3 Å². The lowest BCUT2D eigenvalue weighted by atomic mass is 9.85. The predicted molar refractivity (Wildman–Crippen MR) is 138 cm³/mol. The molecule has 0 bridgehead atoms. The zero-order valence-electron chi connectivity index (χ0n) is 20.4. The number of benzene rings is 3. The number of hydrogen-bond acceptors (Lipinski definition) is 4. The monoisotopic (exact) mass is 474 g/mol. The van der Waals surface area contributed by atoms with Gasteiger partial charge in [-0.2, -0.15) is 0 Å². The summed E-state index contributed by atoms with van der Waals surface area (Å²) in [5.41, 5.74) is 5.36. The van der Waals surface area contributed by atoms with Crippen molar-refractivity contribution in [2.75, 3.05) is 24.6 Å². The number of nitrogens with zero attached hydrogens (tertiary/aromatic N) is 1. The minimum Gasteiger partial charge on any atom is -0.508 e. The van der Waals surface area contributed by atoms with Gasteiger partial charge in [0.1, 0.15) is 17.7 Å². The molecule has 4 nitrogen and oxygen atoms in total. The van der Waals surface area contributed by atoms with Gasteiger partial charge in [0.05, 0.1) is 6.04 Å². The fourth-order valence-electron chi connectivity index (χ4n) is 5.70. The highest BCUT2D eigenvalue weighted by molar-refractivity contribution is 5.58. The highest BCUT2D eigenvalue weighted by Crippen LogP contribution is 2.45. The molecule has 0 aliphatic carbocycles. The molecule has 3 aromatic carbocycles. The predicted octanol–water partition coefficient (Wildman–Crippen LogP) is 6.23. The second-order valence-electron chi connectivity index (χ2n) is 9.84. The number of fused-ring (bicyclic) bond motifs is 1. The zero-order chi connectivity index (χ0) is 24.2. The maximum Gasteiger partial charge on any atom is 0.123 e. The topological polar surface area (TPSA) is 44.7 Å². The molecule has 1 fully saturated rings. The highest BCUT2D eigenvalue weighted by atomic mass is 19.1. The van der Waals surface area contributed by atoms with Crippen molar-refractivity contribution in [3.05, 3.63) is 94.8 Å². The van der Waals surface area contributed by atoms with Gasteiger partial charge >= 0.3 is 0 Å². The number of halogens is 1. The van der Waals surface area contributed by atoms with Crippen LogP contribution < -0.4 is 10.2 Å². The van der Waals surface area contributed by atoms with Gasteiger partial charge in [-0.1, -0.05) is 42.8 Å². The summed E-state index contributed by atoms with van der Waals surface area (Å²) in [6.07, 6.45) is 5.32. The molecule has 3 unspecified atom stereocenters. The molecule has 2 aliphatic rings. The van der Waals surface area contributed by atoms with Crippen molar-refractivity contribution >= 4 is 5.69 Å². The molecule has 0 saturated carbocycles. The van der Waals surface area contributed by atoms with Gasteiger partial charge in [-0.25, -0.2) is 4.39 Å². The van der Waals surface area contributed by atoms with E-state index in [0.29, 0.717) is 12.6 Å². The van der Waals surface area contributed by atoms with E-state index in [4.69, 9.17) is 4.74 Å². The average Bonchev–Trinajstić information content (AvgIpc) is 2.87. The second-order valence-corrected chi connectivity index (χ2v) is 9.84. The van der Waals surface area contributed by atoms with Crippen LogP contribution in [0.15, 0.2) is 66.7 Å². The number of ether oxygens (including phenoxy) is 1. The molecule has 0 amide bonds. The number of rotatable bonds is 7. The van der Waals surface area contributed by atoms with Crippen LogP contribution in [-0.2, 0) is 11.2 Å². The van der Waals surface area contributed by atoms with Crippen LogP contribution in [0.1, 0.15) is 60.1 Å². The normalized spacial score (nSPS) is 20.9. The van der Waals surface area contributed by atoms with Crippen LogP contribution in [0, 0.1) is 12.7 Å². The van der Waals surface area contributed by atoms with E-state index < -0.39 is 0 Å². The third-order valence-electron chi connectivity index (χ3n) is 7.46. The molecule has 2 aliphatic heterocycles. The number of phenolic OH excluding ortho intramolecular Hbond substituents is 1. The van der Waals surface area contributed by atoms with Crippen LogP contribution in [-0.4, -0.2) is 30.8 Å². The molecule has 0 spiro atoms. The van der Waals surface area contributed by atoms with E-state index >= 15 is 0 Å². The summed E-state index contributed by atoms with van der Waals surface area (Å²) in [6.45, 7) is 4.49. The summed E-state index contributed by atoms with van der Waals surface area (Å²) in [4.78, 5) is 2.37. The Balaban J connectivity index is 1.52. The Morgan fingerprint density at radius 2 is 1.94 bits per heavy atom. The number of aromatic hydroxyl groups is 1. The highest BCUT2D eigenvalue weighted by Gasteiger charge is 2.36. The molecule has 0 radical (unpaired) electrons. The maximum absolute atomic E-state index is 14.0. The number of aryl methyl sites for hydroxylation is 1. The molecule has 2 N–H and O–H groups in total. The van der Waals surface area contributed by atoms with Gasteiger partial charge in [0.25, 0.3) is 0 Å². The largest absolute Gasteiger partial charge is 0.508 e. The van der Waals surface area contributed by atoms with Crippen LogP contribution in [0.2, 0.25) is 0 Å². The summed E-state index contributed by atoms with van der Waals surface area (Å²) in [7, 11) is 0. The fourth-order valence-corrected chi connectivity index (χ4v) is 5.70. The zero-order valence-corrected chi connectivity index (χ0v) is 20.4. The molecule has 3 atom stereocenters. The van der Waals surface area contributed by atoms with E-state index in [-0.39, 0.29) is 23.7 Å². The molecular formula is C30H35FN2O2. The van der Waals surface area contributed by atoms with E-state index in [1.54, 1.807) is 18.2 Å². The van der Waals surface area contributed by atoms with Crippen LogP contribution >= 0.6 is 0 Å². The van der Waals surface area contributed by atoms with E-state index in [0.717, 1.165) is 53.9 Å². The molecule has 184 valence electrons. The number of anilines is 1. The van der Waals surface area contributed by atoms with Crippen LogP contribution in [0.25, 0.3) is 0 Å². The first-order valence-corrected chi connectivity index (χ1v) is 12.8. The van der Waals surface area contributed by atoms with Crippen molar-refractivity contribution in [1.29, 1.82) is 0 Å². The Morgan fingerprint density at radius 1 is 1.09 bits per heavy atom. The second kappa shape index (κ2) is 10.8. The van der Waals surface area contributed by atoms with Gasteiger partial charge < -0.3 is 20.1 Å². The first-order chi connectivity index (χ1) is 17.1. The van der Waals surface area contributed by atoms with Gasteiger partial charge in [0.15, 0.2) is 0 Å². The lowest BCUT2D eigenvalue weighted by molar-refractivity contribution is 0.0240. The first-order valence-electron chi connectivity index (χ1n) is 12.8. The standard InChI is InChI=1S/C30H35FN2O2/c1-21-19-24(31)10-13-28(21)33-17-14-23-20-26(34)11-12-27(23)29(33)30(22-7-3-2-4-8-22)35-18-15-25-9-5-6-16-32-25/h2-4,7-8,10-13,19-20,25,29-30,32,34H,5-6,9,14-18H2,1H3. The van der Waals surface area contributed by atoms with Crippen molar-refractivity contribution in [1.82, 2.24) is 5.32 Å². The van der Waals surface area contributed by atoms with Crippen molar-refractivity contribution in [2.24, 2.45) is 0 Å². The van der Waals surface area contributed by atoms with Gasteiger partial charge in [0.2, 0.25) is 0 Å². The molecule has 5 heteroatoms. The molecule has 0 aromatic heterocycles. The van der Waals surface area contributed by atoms with Crippen LogP contribution in [0.3, 0.4) is 0 Å². The Bertz CT molecular complexity index is 1130. The fraction of sp³-hybridized carbons (Fsp3) is 0.400. The summed E-state index contributed by atoms with van der Waals surface area (Å²) in [5.74, 6) is 0.0652. The van der Waals surface area contributed by atoms with E-state index in [1.807, 2.05) is 31.2 Å². The maximum atomic E-state index is 14.0. The third kappa shape index (κ3) is 5.36. The summed E-state index contributed by atoms with van der Waals surface area (Å²) >= 11 is 0. The van der Waals surface area contributed by atoms with E-state index in [2.05, 4.69) is 34.5 Å². The average molecular weight is 475 g/mol. The lowest BCUT2D eigenvalue weighted by Crippen LogP contribution is -2.40. The molecule has 1 saturated heterocycles. The van der Waals surface area contributed by atoms with Gasteiger partial charge in [-0.15, -0.1) is 0 Å². The lowest BCUT2D eigenvalue weighted by Gasteiger charge is -2.44. The summed E-state index contributed by atoms with van der Waals surface area (Å²) in [5, 5.41) is 13.8. The quantitative estimate of drug-likeness (QED) is 0.426. The Labute approximate surface area is 207 Å². The molecule has 5 rings (SSSR count). The Morgan fingerprint density at radius 3 is 2.71 bits per heavy atom. The Kier molecular flexibility index (Phi) is 7.35. The molecule has 2 heterocycles. The van der Waals surface area contributed by atoms with Crippen molar-refractivity contribution < 1.29 is 14.2 Å². The SMILES string of the molecule is Cc1cc(F)ccc1N1CCc2cc(O)ccc2C1C(OCCC1CCCCN1)c1ccccc1. The Hall–Kier alpha value is -2.89. The smallest absolute Gasteiger partial charge is 0.123 e. The minimum absolute atomic E-state index is 0.0924. The summed E-state index contributed by atoms with van der Waals surface area (Å²) < 4.78 is 20.7. The number of phenols is 1.